The first-order valence-electron chi connectivity index (χ1n) is 5.56. The lowest BCUT2D eigenvalue weighted by molar-refractivity contribution is -0.138. The summed E-state index contributed by atoms with van der Waals surface area (Å²) in [5, 5.41) is 12.6. The van der Waals surface area contributed by atoms with E-state index in [0.29, 0.717) is 16.3 Å². The molecule has 0 radical (unpaired) electrons. The highest BCUT2D eigenvalue weighted by molar-refractivity contribution is 6.30. The van der Waals surface area contributed by atoms with Crippen LogP contribution < -0.4 is 5.32 Å². The molecule has 2 N–H and O–H groups in total. The SMILES string of the molecule is O=C(O)C(Nc1ccc(Cl)cc1)c1cccc(F)c1. The van der Waals surface area contributed by atoms with E-state index in [4.69, 9.17) is 11.6 Å². The van der Waals surface area contributed by atoms with Crippen LogP contribution in [0.15, 0.2) is 48.5 Å². The lowest BCUT2D eigenvalue weighted by Gasteiger charge is -2.16. The van der Waals surface area contributed by atoms with Crippen molar-refractivity contribution < 1.29 is 14.3 Å². The molecular weight excluding hydrogens is 269 g/mol. The Bertz CT molecular complexity index is 586. The molecular formula is C14H11ClFNO2. The third-order valence-corrected chi connectivity index (χ3v) is 2.84. The third kappa shape index (κ3) is 3.45. The van der Waals surface area contributed by atoms with E-state index in [-0.39, 0.29) is 0 Å². The predicted molar refractivity (Wildman–Crippen MR) is 71.9 cm³/mol. The molecule has 2 aromatic carbocycles. The van der Waals surface area contributed by atoms with Crippen molar-refractivity contribution in [2.45, 2.75) is 6.04 Å². The molecule has 0 saturated heterocycles. The zero-order valence-electron chi connectivity index (χ0n) is 9.81. The van der Waals surface area contributed by atoms with E-state index in [0.717, 1.165) is 0 Å². The van der Waals surface area contributed by atoms with Crippen molar-refractivity contribution in [3.8, 4) is 0 Å². The standard InChI is InChI=1S/C14H11ClFNO2/c15-10-4-6-12(7-5-10)17-13(14(18)19)9-2-1-3-11(16)8-9/h1-8,13,17H,(H,18,19). The van der Waals surface area contributed by atoms with Gasteiger partial charge in [-0.1, -0.05) is 23.7 Å². The smallest absolute Gasteiger partial charge is 0.330 e. The predicted octanol–water partition coefficient (Wildman–Crippen LogP) is 3.72. The average molecular weight is 280 g/mol. The first-order valence-corrected chi connectivity index (χ1v) is 5.94. The van der Waals surface area contributed by atoms with Gasteiger partial charge in [-0.2, -0.15) is 0 Å². The summed E-state index contributed by atoms with van der Waals surface area (Å²) in [6.07, 6.45) is 0. The number of halogens is 2. The van der Waals surface area contributed by atoms with Gasteiger partial charge in [-0.15, -0.1) is 0 Å². The lowest BCUT2D eigenvalue weighted by atomic mass is 10.1. The summed E-state index contributed by atoms with van der Waals surface area (Å²) in [6, 6.07) is 11.1. The number of carboxylic acids is 1. The fourth-order valence-corrected chi connectivity index (χ4v) is 1.81. The van der Waals surface area contributed by atoms with Crippen LogP contribution >= 0.6 is 11.6 Å². The molecule has 0 amide bonds. The molecule has 0 aromatic heterocycles. The Balaban J connectivity index is 2.26. The second-order valence-electron chi connectivity index (χ2n) is 3.98. The highest BCUT2D eigenvalue weighted by Crippen LogP contribution is 2.22. The summed E-state index contributed by atoms with van der Waals surface area (Å²) in [5.74, 6) is -1.55. The molecule has 2 rings (SSSR count). The van der Waals surface area contributed by atoms with Gasteiger partial charge >= 0.3 is 5.97 Å². The van der Waals surface area contributed by atoms with Crippen molar-refractivity contribution in [1.29, 1.82) is 0 Å². The Hall–Kier alpha value is -2.07. The minimum Gasteiger partial charge on any atom is -0.479 e. The van der Waals surface area contributed by atoms with Crippen molar-refractivity contribution >= 4 is 23.3 Å². The zero-order valence-corrected chi connectivity index (χ0v) is 10.6. The van der Waals surface area contributed by atoms with E-state index in [2.05, 4.69) is 5.32 Å². The topological polar surface area (TPSA) is 49.3 Å². The normalized spacial score (nSPS) is 11.9. The van der Waals surface area contributed by atoms with Gasteiger partial charge in [0.25, 0.3) is 0 Å². The fraction of sp³-hybridized carbons (Fsp3) is 0.0714. The van der Waals surface area contributed by atoms with Gasteiger partial charge in [0.1, 0.15) is 5.82 Å². The molecule has 0 saturated carbocycles. The van der Waals surface area contributed by atoms with Crippen molar-refractivity contribution in [1.82, 2.24) is 0 Å². The molecule has 98 valence electrons. The maximum Gasteiger partial charge on any atom is 0.330 e. The molecule has 19 heavy (non-hydrogen) atoms. The van der Waals surface area contributed by atoms with Gasteiger partial charge in [0.05, 0.1) is 0 Å². The van der Waals surface area contributed by atoms with Crippen LogP contribution in [0.2, 0.25) is 5.02 Å². The van der Waals surface area contributed by atoms with Gasteiger partial charge in [0, 0.05) is 10.7 Å². The molecule has 1 unspecified atom stereocenters. The minimum absolute atomic E-state index is 0.349. The van der Waals surface area contributed by atoms with Gasteiger partial charge < -0.3 is 10.4 Å². The molecule has 0 spiro atoms. The van der Waals surface area contributed by atoms with Gasteiger partial charge in [0.15, 0.2) is 6.04 Å². The van der Waals surface area contributed by atoms with Crippen molar-refractivity contribution in [2.24, 2.45) is 0 Å². The van der Waals surface area contributed by atoms with Crippen LogP contribution in [0.3, 0.4) is 0 Å². The highest BCUT2D eigenvalue weighted by atomic mass is 35.5. The summed E-state index contributed by atoms with van der Waals surface area (Å²) in [6.45, 7) is 0. The number of hydrogen-bond donors (Lipinski definition) is 2. The Labute approximate surface area is 114 Å². The Morgan fingerprint density at radius 3 is 2.47 bits per heavy atom. The first-order chi connectivity index (χ1) is 9.06. The molecule has 3 nitrogen and oxygen atoms in total. The second kappa shape index (κ2) is 5.71. The number of carboxylic acid groups (broad SMARTS) is 1. The van der Waals surface area contributed by atoms with Crippen LogP contribution in [0.5, 0.6) is 0 Å². The summed E-state index contributed by atoms with van der Waals surface area (Å²) in [7, 11) is 0. The molecule has 0 aliphatic carbocycles. The molecule has 0 aliphatic heterocycles. The van der Waals surface area contributed by atoms with Crippen molar-refractivity contribution in [3.05, 3.63) is 64.9 Å². The largest absolute Gasteiger partial charge is 0.479 e. The Kier molecular flexibility index (Phi) is 4.02. The number of hydrogen-bond acceptors (Lipinski definition) is 2. The van der Waals surface area contributed by atoms with Crippen molar-refractivity contribution in [3.63, 3.8) is 0 Å². The Morgan fingerprint density at radius 2 is 1.89 bits per heavy atom. The highest BCUT2D eigenvalue weighted by Gasteiger charge is 2.19. The van der Waals surface area contributed by atoms with E-state index in [1.807, 2.05) is 0 Å². The fourth-order valence-electron chi connectivity index (χ4n) is 1.69. The van der Waals surface area contributed by atoms with E-state index < -0.39 is 17.8 Å². The van der Waals surface area contributed by atoms with Crippen molar-refractivity contribution in [2.75, 3.05) is 5.32 Å². The molecule has 0 aliphatic rings. The van der Waals surface area contributed by atoms with Gasteiger partial charge in [-0.3, -0.25) is 0 Å². The number of aliphatic carboxylic acids is 1. The summed E-state index contributed by atoms with van der Waals surface area (Å²) in [4.78, 5) is 11.3. The molecule has 0 bridgehead atoms. The molecule has 0 heterocycles. The number of carbonyl (C=O) groups is 1. The van der Waals surface area contributed by atoms with Crippen LogP contribution in [0.1, 0.15) is 11.6 Å². The first kappa shape index (κ1) is 13.4. The minimum atomic E-state index is -1.08. The summed E-state index contributed by atoms with van der Waals surface area (Å²) < 4.78 is 13.1. The summed E-state index contributed by atoms with van der Waals surface area (Å²) in [5.41, 5.74) is 0.948. The number of rotatable bonds is 4. The number of anilines is 1. The lowest BCUT2D eigenvalue weighted by Crippen LogP contribution is -2.20. The van der Waals surface area contributed by atoms with Crippen LogP contribution in [0, 0.1) is 5.82 Å². The maximum absolute atomic E-state index is 13.1. The average Bonchev–Trinajstić information content (AvgIpc) is 2.37. The Morgan fingerprint density at radius 1 is 1.21 bits per heavy atom. The van der Waals surface area contributed by atoms with Crippen LogP contribution in [0.4, 0.5) is 10.1 Å². The van der Waals surface area contributed by atoms with E-state index in [1.165, 1.54) is 18.2 Å². The van der Waals surface area contributed by atoms with E-state index in [1.54, 1.807) is 30.3 Å². The molecule has 0 fully saturated rings. The third-order valence-electron chi connectivity index (χ3n) is 2.58. The van der Waals surface area contributed by atoms with Gasteiger partial charge in [-0.25, -0.2) is 9.18 Å². The summed E-state index contributed by atoms with van der Waals surface area (Å²) >= 11 is 5.75. The maximum atomic E-state index is 13.1. The molecule has 2 aromatic rings. The number of nitrogens with one attached hydrogen (secondary N) is 1. The quantitative estimate of drug-likeness (QED) is 0.897. The van der Waals surface area contributed by atoms with Crippen LogP contribution in [0.25, 0.3) is 0 Å². The van der Waals surface area contributed by atoms with E-state index >= 15 is 0 Å². The van der Waals surface area contributed by atoms with E-state index in [9.17, 15) is 14.3 Å². The monoisotopic (exact) mass is 279 g/mol. The molecule has 5 heteroatoms. The molecule has 1 atom stereocenters. The zero-order chi connectivity index (χ0) is 13.8. The van der Waals surface area contributed by atoms with Crippen LogP contribution in [-0.2, 0) is 4.79 Å². The van der Waals surface area contributed by atoms with Gasteiger partial charge in [-0.05, 0) is 42.0 Å². The van der Waals surface area contributed by atoms with Crippen LogP contribution in [-0.4, -0.2) is 11.1 Å². The second-order valence-corrected chi connectivity index (χ2v) is 4.41. The number of benzene rings is 2. The van der Waals surface area contributed by atoms with Gasteiger partial charge in [0.2, 0.25) is 0 Å².